The molecule has 0 N–H and O–H groups in total. The van der Waals surface area contributed by atoms with Gasteiger partial charge < -0.3 is 4.74 Å². The van der Waals surface area contributed by atoms with E-state index in [1.807, 2.05) is 74.5 Å². The zero-order valence-electron chi connectivity index (χ0n) is 17.9. The summed E-state index contributed by atoms with van der Waals surface area (Å²) in [5.41, 5.74) is 2.61. The maximum atomic E-state index is 13.0. The molecule has 0 atom stereocenters. The normalized spacial score (nSPS) is 16.4. The van der Waals surface area contributed by atoms with E-state index in [1.165, 1.54) is 23.9 Å². The van der Waals surface area contributed by atoms with Crippen LogP contribution in [0.2, 0.25) is 0 Å². The summed E-state index contributed by atoms with van der Waals surface area (Å²) >= 11 is 1.38. The van der Waals surface area contributed by atoms with E-state index < -0.39 is 0 Å². The Bertz CT molecular complexity index is 1140. The molecule has 4 rings (SSSR count). The SMILES string of the molecule is CC(C)N1C(=O)/C(=C\c2ccc(OCc3ccc(F)cc3)cc2)SC1=Nc1ccccc1. The van der Waals surface area contributed by atoms with Crippen molar-refractivity contribution in [3.05, 3.63) is 101 Å². The fraction of sp³-hybridized carbons (Fsp3) is 0.154. The Hall–Kier alpha value is -3.38. The first-order valence-electron chi connectivity index (χ1n) is 10.3. The molecule has 0 aliphatic carbocycles. The third-order valence-corrected chi connectivity index (χ3v) is 5.81. The number of hydrogen-bond acceptors (Lipinski definition) is 4. The van der Waals surface area contributed by atoms with Gasteiger partial charge in [-0.2, -0.15) is 0 Å². The molecule has 1 aliphatic rings. The van der Waals surface area contributed by atoms with Crippen molar-refractivity contribution in [3.63, 3.8) is 0 Å². The van der Waals surface area contributed by atoms with Crippen LogP contribution in [0.5, 0.6) is 5.75 Å². The van der Waals surface area contributed by atoms with Crippen LogP contribution in [-0.4, -0.2) is 22.0 Å². The lowest BCUT2D eigenvalue weighted by atomic mass is 10.2. The van der Waals surface area contributed by atoms with E-state index in [1.54, 1.807) is 17.0 Å². The maximum absolute atomic E-state index is 13.0. The Kier molecular flexibility index (Phi) is 6.71. The summed E-state index contributed by atoms with van der Waals surface area (Å²) in [7, 11) is 0. The van der Waals surface area contributed by atoms with E-state index in [0.29, 0.717) is 22.4 Å². The second-order valence-corrected chi connectivity index (χ2v) is 8.60. The molecule has 4 nitrogen and oxygen atoms in total. The van der Waals surface area contributed by atoms with Crippen LogP contribution in [0.3, 0.4) is 0 Å². The van der Waals surface area contributed by atoms with Crippen LogP contribution in [0.15, 0.2) is 88.8 Å². The number of rotatable bonds is 6. The van der Waals surface area contributed by atoms with E-state index in [2.05, 4.69) is 4.99 Å². The van der Waals surface area contributed by atoms with Crippen molar-refractivity contribution in [1.82, 2.24) is 4.90 Å². The molecule has 1 saturated heterocycles. The Morgan fingerprint density at radius 2 is 1.69 bits per heavy atom. The van der Waals surface area contributed by atoms with Gasteiger partial charge in [0.2, 0.25) is 0 Å². The van der Waals surface area contributed by atoms with Crippen molar-refractivity contribution in [2.75, 3.05) is 0 Å². The van der Waals surface area contributed by atoms with Gasteiger partial charge in [0.05, 0.1) is 10.6 Å². The standard InChI is InChI=1S/C26H23FN2O2S/c1-18(2)29-25(30)24(32-26(29)28-22-6-4-3-5-7-22)16-19-10-14-23(15-11-19)31-17-20-8-12-21(27)13-9-20/h3-16,18H,17H2,1-2H3/b24-16+,28-26?. The summed E-state index contributed by atoms with van der Waals surface area (Å²) in [4.78, 5) is 20.0. The molecule has 0 bridgehead atoms. The second-order valence-electron chi connectivity index (χ2n) is 7.59. The molecule has 0 radical (unpaired) electrons. The average Bonchev–Trinajstić information content (AvgIpc) is 3.09. The molecule has 1 amide bonds. The fourth-order valence-electron chi connectivity index (χ4n) is 3.19. The number of halogens is 1. The van der Waals surface area contributed by atoms with Gasteiger partial charge in [-0.1, -0.05) is 42.5 Å². The number of amidine groups is 1. The predicted molar refractivity (Wildman–Crippen MR) is 128 cm³/mol. The monoisotopic (exact) mass is 446 g/mol. The molecule has 162 valence electrons. The fourth-order valence-corrected chi connectivity index (χ4v) is 4.31. The van der Waals surface area contributed by atoms with Gasteiger partial charge in [0.1, 0.15) is 18.2 Å². The molecule has 3 aromatic rings. The first-order valence-corrected chi connectivity index (χ1v) is 11.2. The van der Waals surface area contributed by atoms with Crippen LogP contribution in [0.4, 0.5) is 10.1 Å². The van der Waals surface area contributed by atoms with Crippen molar-refractivity contribution in [3.8, 4) is 5.75 Å². The molecular formula is C26H23FN2O2S. The van der Waals surface area contributed by atoms with Crippen molar-refractivity contribution >= 4 is 34.6 Å². The number of carbonyl (C=O) groups is 1. The van der Waals surface area contributed by atoms with E-state index in [0.717, 1.165) is 16.8 Å². The van der Waals surface area contributed by atoms with Crippen LogP contribution in [0.1, 0.15) is 25.0 Å². The number of para-hydroxylation sites is 1. The van der Waals surface area contributed by atoms with Crippen molar-refractivity contribution in [2.45, 2.75) is 26.5 Å². The minimum Gasteiger partial charge on any atom is -0.489 e. The summed E-state index contributed by atoms with van der Waals surface area (Å²) in [5.74, 6) is 0.395. The van der Waals surface area contributed by atoms with Gasteiger partial charge >= 0.3 is 0 Å². The van der Waals surface area contributed by atoms with Gasteiger partial charge in [0, 0.05) is 6.04 Å². The molecule has 1 fully saturated rings. The van der Waals surface area contributed by atoms with E-state index in [-0.39, 0.29) is 17.8 Å². The zero-order valence-corrected chi connectivity index (χ0v) is 18.7. The molecular weight excluding hydrogens is 423 g/mol. The number of nitrogens with zero attached hydrogens (tertiary/aromatic N) is 2. The summed E-state index contributed by atoms with van der Waals surface area (Å²) in [5, 5.41) is 0.682. The topological polar surface area (TPSA) is 41.9 Å². The second kappa shape index (κ2) is 9.83. The molecule has 0 spiro atoms. The highest BCUT2D eigenvalue weighted by Gasteiger charge is 2.35. The van der Waals surface area contributed by atoms with Gasteiger partial charge in [0.25, 0.3) is 5.91 Å². The number of benzene rings is 3. The predicted octanol–water partition coefficient (Wildman–Crippen LogP) is 6.42. The average molecular weight is 447 g/mol. The van der Waals surface area contributed by atoms with Crippen LogP contribution < -0.4 is 4.74 Å². The van der Waals surface area contributed by atoms with E-state index in [4.69, 9.17) is 4.74 Å². The largest absolute Gasteiger partial charge is 0.489 e. The highest BCUT2D eigenvalue weighted by atomic mass is 32.2. The molecule has 1 heterocycles. The molecule has 0 saturated carbocycles. The maximum Gasteiger partial charge on any atom is 0.266 e. The van der Waals surface area contributed by atoms with Crippen LogP contribution >= 0.6 is 11.8 Å². The number of carbonyl (C=O) groups excluding carboxylic acids is 1. The molecule has 0 aromatic heterocycles. The quantitative estimate of drug-likeness (QED) is 0.411. The number of ether oxygens (including phenoxy) is 1. The van der Waals surface area contributed by atoms with Crippen LogP contribution in [-0.2, 0) is 11.4 Å². The molecule has 32 heavy (non-hydrogen) atoms. The number of hydrogen-bond donors (Lipinski definition) is 0. The lowest BCUT2D eigenvalue weighted by molar-refractivity contribution is -0.123. The Morgan fingerprint density at radius 3 is 2.34 bits per heavy atom. The summed E-state index contributed by atoms with van der Waals surface area (Å²) < 4.78 is 18.8. The lowest BCUT2D eigenvalue weighted by Gasteiger charge is -2.19. The first kappa shape index (κ1) is 21.8. The first-order chi connectivity index (χ1) is 15.5. The minimum absolute atomic E-state index is 0.00518. The van der Waals surface area contributed by atoms with Crippen LogP contribution in [0, 0.1) is 5.82 Å². The molecule has 0 unspecified atom stereocenters. The number of aliphatic imine (C=N–C) groups is 1. The lowest BCUT2D eigenvalue weighted by Crippen LogP contribution is -2.35. The highest BCUT2D eigenvalue weighted by Crippen LogP contribution is 2.35. The summed E-state index contributed by atoms with van der Waals surface area (Å²) in [6.45, 7) is 4.32. The Balaban J connectivity index is 1.48. The van der Waals surface area contributed by atoms with E-state index in [9.17, 15) is 9.18 Å². The van der Waals surface area contributed by atoms with Crippen molar-refractivity contribution in [1.29, 1.82) is 0 Å². The summed E-state index contributed by atoms with van der Waals surface area (Å²) in [6, 6.07) is 23.4. The number of amides is 1. The molecule has 3 aromatic carbocycles. The van der Waals surface area contributed by atoms with Gasteiger partial charge in [0.15, 0.2) is 5.17 Å². The number of thioether (sulfide) groups is 1. The van der Waals surface area contributed by atoms with Crippen molar-refractivity contribution in [2.24, 2.45) is 4.99 Å². The third kappa shape index (κ3) is 5.26. The van der Waals surface area contributed by atoms with Gasteiger partial charge in [-0.05, 0) is 79.2 Å². The highest BCUT2D eigenvalue weighted by molar-refractivity contribution is 8.18. The minimum atomic E-state index is -0.265. The van der Waals surface area contributed by atoms with Gasteiger partial charge in [-0.25, -0.2) is 9.38 Å². The molecule has 6 heteroatoms. The van der Waals surface area contributed by atoms with Crippen molar-refractivity contribution < 1.29 is 13.9 Å². The van der Waals surface area contributed by atoms with E-state index >= 15 is 0 Å². The van der Waals surface area contributed by atoms with Crippen LogP contribution in [0.25, 0.3) is 6.08 Å². The Labute approximate surface area is 191 Å². The smallest absolute Gasteiger partial charge is 0.266 e. The van der Waals surface area contributed by atoms with Gasteiger partial charge in [-0.15, -0.1) is 0 Å². The molecule has 1 aliphatic heterocycles. The zero-order chi connectivity index (χ0) is 22.5. The third-order valence-electron chi connectivity index (χ3n) is 4.83. The summed E-state index contributed by atoms with van der Waals surface area (Å²) in [6.07, 6.45) is 1.87. The van der Waals surface area contributed by atoms with Gasteiger partial charge in [-0.3, -0.25) is 9.69 Å². The Morgan fingerprint density at radius 1 is 1.00 bits per heavy atom.